The lowest BCUT2D eigenvalue weighted by atomic mass is 10.1. The molecule has 0 aromatic carbocycles. The molecule has 0 heterocycles. The Morgan fingerprint density at radius 2 is 1.75 bits per heavy atom. The van der Waals surface area contributed by atoms with Crippen LogP contribution in [0.25, 0.3) is 0 Å². The summed E-state index contributed by atoms with van der Waals surface area (Å²) in [5.41, 5.74) is 0.0186. The lowest BCUT2D eigenvalue weighted by Crippen LogP contribution is -2.20. The number of ether oxygens (including phenoxy) is 2. The molecule has 1 unspecified atom stereocenters. The first-order chi connectivity index (χ1) is 11.2. The van der Waals surface area contributed by atoms with E-state index in [9.17, 15) is 18.0 Å². The quantitative estimate of drug-likeness (QED) is 0.284. The molecule has 0 rings (SSSR count). The molecule has 7 heteroatoms. The number of hydrogen-bond donors (Lipinski definition) is 0. The molecular weight excluding hydrogens is 332 g/mol. The highest BCUT2D eigenvalue weighted by molar-refractivity contribution is 7.90. The second-order valence-electron chi connectivity index (χ2n) is 5.94. The predicted octanol–water partition coefficient (Wildman–Crippen LogP) is 2.81. The third-order valence-electron chi connectivity index (χ3n) is 3.33. The first-order valence-electron chi connectivity index (χ1n) is 8.41. The predicted molar refractivity (Wildman–Crippen MR) is 93.4 cm³/mol. The largest absolute Gasteiger partial charge is 0.462 e. The van der Waals surface area contributed by atoms with Crippen LogP contribution in [0.3, 0.4) is 0 Å². The molecule has 0 N–H and O–H groups in total. The zero-order chi connectivity index (χ0) is 18.6. The Morgan fingerprint density at radius 3 is 2.29 bits per heavy atom. The molecular formula is C17H30O6S. The second kappa shape index (κ2) is 12.1. The van der Waals surface area contributed by atoms with Crippen LogP contribution in [-0.4, -0.2) is 45.1 Å². The van der Waals surface area contributed by atoms with Crippen molar-refractivity contribution in [3.05, 3.63) is 12.2 Å². The maximum absolute atomic E-state index is 11.9. The summed E-state index contributed by atoms with van der Waals surface area (Å²) in [7, 11) is -3.08. The summed E-state index contributed by atoms with van der Waals surface area (Å²) in [5.74, 6) is -1.23. The van der Waals surface area contributed by atoms with Gasteiger partial charge in [-0.1, -0.05) is 39.7 Å². The van der Waals surface area contributed by atoms with Crippen LogP contribution < -0.4 is 0 Å². The first-order valence-corrected chi connectivity index (χ1v) is 10.5. The average molecular weight is 362 g/mol. The lowest BCUT2D eigenvalue weighted by molar-refractivity contribution is -0.151. The summed E-state index contributed by atoms with van der Waals surface area (Å²) in [5, 5.41) is 0. The van der Waals surface area contributed by atoms with Gasteiger partial charge in [-0.3, -0.25) is 4.79 Å². The van der Waals surface area contributed by atoms with Gasteiger partial charge in [0.05, 0.1) is 18.8 Å². The van der Waals surface area contributed by atoms with Crippen molar-refractivity contribution in [1.82, 2.24) is 0 Å². The van der Waals surface area contributed by atoms with Crippen molar-refractivity contribution in [2.45, 2.75) is 64.9 Å². The summed E-state index contributed by atoms with van der Waals surface area (Å²) in [4.78, 5) is 23.6. The van der Waals surface area contributed by atoms with Crippen LogP contribution in [0.4, 0.5) is 0 Å². The SMILES string of the molecule is C=C(CC(=O)OC(CCC)CCCC)C(=O)OCCCS(C)(=O)=O. The fraction of sp³-hybridized carbons (Fsp3) is 0.765. The first kappa shape index (κ1) is 22.6. The van der Waals surface area contributed by atoms with E-state index < -0.39 is 21.8 Å². The Labute approximate surface area is 145 Å². The van der Waals surface area contributed by atoms with Crippen molar-refractivity contribution in [3.63, 3.8) is 0 Å². The molecule has 0 aromatic heterocycles. The normalized spacial score (nSPS) is 12.5. The van der Waals surface area contributed by atoms with Gasteiger partial charge in [-0.2, -0.15) is 0 Å². The highest BCUT2D eigenvalue weighted by Crippen LogP contribution is 2.13. The van der Waals surface area contributed by atoms with Gasteiger partial charge < -0.3 is 9.47 Å². The third-order valence-corrected chi connectivity index (χ3v) is 4.36. The van der Waals surface area contributed by atoms with Gasteiger partial charge in [0.25, 0.3) is 0 Å². The van der Waals surface area contributed by atoms with E-state index in [4.69, 9.17) is 9.47 Å². The van der Waals surface area contributed by atoms with Crippen molar-refractivity contribution < 1.29 is 27.5 Å². The topological polar surface area (TPSA) is 86.7 Å². The Hall–Kier alpha value is -1.37. The molecule has 0 saturated carbocycles. The minimum Gasteiger partial charge on any atom is -0.462 e. The van der Waals surface area contributed by atoms with E-state index in [0.29, 0.717) is 0 Å². The summed E-state index contributed by atoms with van der Waals surface area (Å²) in [6.45, 7) is 7.63. The van der Waals surface area contributed by atoms with E-state index in [1.807, 2.05) is 6.92 Å². The van der Waals surface area contributed by atoms with Crippen LogP contribution in [0.1, 0.15) is 58.8 Å². The summed E-state index contributed by atoms with van der Waals surface area (Å²) in [6, 6.07) is 0. The Kier molecular flexibility index (Phi) is 11.4. The number of sulfone groups is 1. The van der Waals surface area contributed by atoms with Crippen LogP contribution in [0.2, 0.25) is 0 Å². The van der Waals surface area contributed by atoms with E-state index >= 15 is 0 Å². The van der Waals surface area contributed by atoms with Gasteiger partial charge in [-0.05, 0) is 19.3 Å². The summed E-state index contributed by atoms with van der Waals surface area (Å²) >= 11 is 0. The van der Waals surface area contributed by atoms with Gasteiger partial charge >= 0.3 is 11.9 Å². The van der Waals surface area contributed by atoms with E-state index in [-0.39, 0.29) is 36.9 Å². The monoisotopic (exact) mass is 362 g/mol. The third kappa shape index (κ3) is 12.1. The maximum Gasteiger partial charge on any atom is 0.333 e. The zero-order valence-electron chi connectivity index (χ0n) is 15.0. The molecule has 1 atom stereocenters. The molecule has 0 aliphatic heterocycles. The van der Waals surface area contributed by atoms with Gasteiger partial charge in [-0.15, -0.1) is 0 Å². The molecule has 24 heavy (non-hydrogen) atoms. The van der Waals surface area contributed by atoms with Gasteiger partial charge in [0.15, 0.2) is 0 Å². The Morgan fingerprint density at radius 1 is 1.08 bits per heavy atom. The van der Waals surface area contributed by atoms with Crippen LogP contribution >= 0.6 is 0 Å². The number of unbranched alkanes of at least 4 members (excludes halogenated alkanes) is 1. The van der Waals surface area contributed by atoms with Crippen molar-refractivity contribution in [2.75, 3.05) is 18.6 Å². The Bertz CT molecular complexity index is 509. The highest BCUT2D eigenvalue weighted by atomic mass is 32.2. The fourth-order valence-electron chi connectivity index (χ4n) is 2.08. The molecule has 140 valence electrons. The maximum atomic E-state index is 11.9. The van der Waals surface area contributed by atoms with E-state index in [1.165, 1.54) is 0 Å². The molecule has 0 radical (unpaired) electrons. The molecule has 0 saturated heterocycles. The van der Waals surface area contributed by atoms with Crippen LogP contribution in [0.15, 0.2) is 12.2 Å². The molecule has 0 aliphatic rings. The fourth-order valence-corrected chi connectivity index (χ4v) is 2.72. The summed E-state index contributed by atoms with van der Waals surface area (Å²) in [6.07, 6.45) is 5.56. The zero-order valence-corrected chi connectivity index (χ0v) is 15.8. The van der Waals surface area contributed by atoms with Crippen molar-refractivity contribution in [3.8, 4) is 0 Å². The van der Waals surface area contributed by atoms with Crippen molar-refractivity contribution in [2.24, 2.45) is 0 Å². The number of esters is 2. The molecule has 0 aromatic rings. The van der Waals surface area contributed by atoms with Gasteiger partial charge in [0, 0.05) is 11.8 Å². The minimum absolute atomic E-state index is 0.0186. The van der Waals surface area contributed by atoms with Crippen LogP contribution in [-0.2, 0) is 28.9 Å². The van der Waals surface area contributed by atoms with Crippen LogP contribution in [0, 0.1) is 0 Å². The minimum atomic E-state index is -3.08. The van der Waals surface area contributed by atoms with Gasteiger partial charge in [0.2, 0.25) is 0 Å². The van der Waals surface area contributed by atoms with Gasteiger partial charge in [0.1, 0.15) is 15.9 Å². The molecule has 0 amide bonds. The number of hydrogen-bond acceptors (Lipinski definition) is 6. The standard InChI is InChI=1S/C17H30O6S/c1-5-7-10-15(9-6-2)23-16(18)13-14(3)17(19)22-11-8-12-24(4,20)21/h15H,3,5-13H2,1-2,4H3. The lowest BCUT2D eigenvalue weighted by Gasteiger charge is -2.17. The van der Waals surface area contributed by atoms with E-state index in [2.05, 4.69) is 13.5 Å². The molecule has 0 fully saturated rings. The van der Waals surface area contributed by atoms with Crippen molar-refractivity contribution >= 4 is 21.8 Å². The average Bonchev–Trinajstić information content (AvgIpc) is 2.48. The molecule has 0 bridgehead atoms. The summed E-state index contributed by atoms with van der Waals surface area (Å²) < 4.78 is 32.2. The number of rotatable bonds is 13. The molecule has 6 nitrogen and oxygen atoms in total. The molecule has 0 spiro atoms. The molecule has 0 aliphatic carbocycles. The smallest absolute Gasteiger partial charge is 0.333 e. The highest BCUT2D eigenvalue weighted by Gasteiger charge is 2.18. The van der Waals surface area contributed by atoms with Gasteiger partial charge in [-0.25, -0.2) is 13.2 Å². The Balaban J connectivity index is 4.18. The van der Waals surface area contributed by atoms with E-state index in [0.717, 1.165) is 38.4 Å². The second-order valence-corrected chi connectivity index (χ2v) is 8.20. The van der Waals surface area contributed by atoms with Crippen molar-refractivity contribution in [1.29, 1.82) is 0 Å². The van der Waals surface area contributed by atoms with Crippen LogP contribution in [0.5, 0.6) is 0 Å². The number of carbonyl (C=O) groups excluding carboxylic acids is 2. The number of carbonyl (C=O) groups is 2. The van der Waals surface area contributed by atoms with E-state index in [1.54, 1.807) is 0 Å².